The van der Waals surface area contributed by atoms with Crippen molar-refractivity contribution < 1.29 is 5.11 Å². The van der Waals surface area contributed by atoms with Gasteiger partial charge in [0.05, 0.1) is 6.61 Å². The van der Waals surface area contributed by atoms with E-state index in [9.17, 15) is 0 Å². The molecule has 0 saturated carbocycles. The van der Waals surface area contributed by atoms with E-state index in [4.69, 9.17) is 5.11 Å². The highest BCUT2D eigenvalue weighted by molar-refractivity contribution is 5.58. The van der Waals surface area contributed by atoms with E-state index in [-0.39, 0.29) is 6.61 Å². The maximum absolute atomic E-state index is 8.97. The SMILES string of the molecule is CNc1nc(C)nc(N2CCN(CCO)CC2)c1C. The van der Waals surface area contributed by atoms with Gasteiger partial charge in [-0.3, -0.25) is 4.90 Å². The van der Waals surface area contributed by atoms with Crippen LogP contribution in [0.1, 0.15) is 11.4 Å². The van der Waals surface area contributed by atoms with E-state index in [0.717, 1.165) is 55.7 Å². The highest BCUT2D eigenvalue weighted by Crippen LogP contribution is 2.24. The Morgan fingerprint density at radius 2 is 1.84 bits per heavy atom. The van der Waals surface area contributed by atoms with Crippen molar-refractivity contribution in [2.45, 2.75) is 13.8 Å². The lowest BCUT2D eigenvalue weighted by Gasteiger charge is -2.35. The summed E-state index contributed by atoms with van der Waals surface area (Å²) in [5, 5.41) is 12.1. The van der Waals surface area contributed by atoms with Crippen LogP contribution in [0, 0.1) is 13.8 Å². The van der Waals surface area contributed by atoms with E-state index in [1.807, 2.05) is 14.0 Å². The largest absolute Gasteiger partial charge is 0.395 e. The lowest BCUT2D eigenvalue weighted by atomic mass is 10.2. The lowest BCUT2D eigenvalue weighted by Crippen LogP contribution is -2.47. The van der Waals surface area contributed by atoms with E-state index >= 15 is 0 Å². The van der Waals surface area contributed by atoms with Crippen molar-refractivity contribution in [1.29, 1.82) is 0 Å². The van der Waals surface area contributed by atoms with E-state index in [1.54, 1.807) is 0 Å². The Morgan fingerprint density at radius 1 is 1.16 bits per heavy atom. The third-order valence-electron chi connectivity index (χ3n) is 3.56. The van der Waals surface area contributed by atoms with Crippen molar-refractivity contribution in [3.05, 3.63) is 11.4 Å². The van der Waals surface area contributed by atoms with Gasteiger partial charge >= 0.3 is 0 Å². The molecule has 1 aliphatic heterocycles. The summed E-state index contributed by atoms with van der Waals surface area (Å²) in [5.74, 6) is 2.73. The summed E-state index contributed by atoms with van der Waals surface area (Å²) in [6.45, 7) is 8.80. The molecular weight excluding hydrogens is 242 g/mol. The fourth-order valence-corrected chi connectivity index (χ4v) is 2.49. The molecule has 1 fully saturated rings. The molecule has 0 aromatic carbocycles. The summed E-state index contributed by atoms with van der Waals surface area (Å²) in [6.07, 6.45) is 0. The van der Waals surface area contributed by atoms with Crippen molar-refractivity contribution >= 4 is 11.6 Å². The second kappa shape index (κ2) is 6.16. The van der Waals surface area contributed by atoms with Crippen LogP contribution < -0.4 is 10.2 Å². The Bertz CT molecular complexity index is 429. The van der Waals surface area contributed by atoms with Crippen molar-refractivity contribution in [3.8, 4) is 0 Å². The van der Waals surface area contributed by atoms with E-state index in [0.29, 0.717) is 0 Å². The average Bonchev–Trinajstić information content (AvgIpc) is 2.42. The first-order valence-electron chi connectivity index (χ1n) is 6.77. The van der Waals surface area contributed by atoms with Gasteiger partial charge in [-0.15, -0.1) is 0 Å². The van der Waals surface area contributed by atoms with Crippen LogP contribution in [0.4, 0.5) is 11.6 Å². The fourth-order valence-electron chi connectivity index (χ4n) is 2.49. The summed E-state index contributed by atoms with van der Waals surface area (Å²) < 4.78 is 0. The van der Waals surface area contributed by atoms with Gasteiger partial charge in [-0.25, -0.2) is 9.97 Å². The minimum absolute atomic E-state index is 0.232. The van der Waals surface area contributed by atoms with Gasteiger partial charge in [-0.2, -0.15) is 0 Å². The smallest absolute Gasteiger partial charge is 0.137 e. The minimum Gasteiger partial charge on any atom is -0.395 e. The Labute approximate surface area is 114 Å². The maximum atomic E-state index is 8.97. The molecule has 6 heteroatoms. The molecule has 0 spiro atoms. The van der Waals surface area contributed by atoms with Crippen molar-refractivity contribution in [2.75, 3.05) is 56.6 Å². The Morgan fingerprint density at radius 3 is 2.42 bits per heavy atom. The first kappa shape index (κ1) is 14.0. The highest BCUT2D eigenvalue weighted by Gasteiger charge is 2.20. The quantitative estimate of drug-likeness (QED) is 0.813. The molecule has 1 saturated heterocycles. The van der Waals surface area contributed by atoms with E-state index in [2.05, 4.69) is 32.0 Å². The molecule has 0 unspecified atom stereocenters. The minimum atomic E-state index is 0.232. The average molecular weight is 265 g/mol. The monoisotopic (exact) mass is 265 g/mol. The molecule has 0 amide bonds. The summed E-state index contributed by atoms with van der Waals surface area (Å²) in [6, 6.07) is 0. The molecule has 106 valence electrons. The molecule has 2 rings (SSSR count). The third kappa shape index (κ3) is 3.13. The van der Waals surface area contributed by atoms with Crippen LogP contribution in [0.15, 0.2) is 0 Å². The van der Waals surface area contributed by atoms with Crippen LogP contribution in [0.2, 0.25) is 0 Å². The lowest BCUT2D eigenvalue weighted by molar-refractivity contribution is 0.188. The van der Waals surface area contributed by atoms with Crippen molar-refractivity contribution in [2.24, 2.45) is 0 Å². The number of nitrogens with zero attached hydrogens (tertiary/aromatic N) is 4. The standard InChI is InChI=1S/C13H23N5O/c1-10-12(14-3)15-11(2)16-13(10)18-6-4-17(5-7-18)8-9-19/h19H,4-9H2,1-3H3,(H,14,15,16). The molecular formula is C13H23N5O. The summed E-state index contributed by atoms with van der Waals surface area (Å²) >= 11 is 0. The number of hydrogen-bond acceptors (Lipinski definition) is 6. The van der Waals surface area contributed by atoms with Gasteiger partial charge in [0.15, 0.2) is 0 Å². The van der Waals surface area contributed by atoms with Crippen LogP contribution in [0.5, 0.6) is 0 Å². The highest BCUT2D eigenvalue weighted by atomic mass is 16.3. The van der Waals surface area contributed by atoms with Crippen LogP contribution >= 0.6 is 0 Å². The number of nitrogens with one attached hydrogen (secondary N) is 1. The predicted octanol–water partition coefficient (Wildman–Crippen LogP) is 0.249. The number of piperazine rings is 1. The van der Waals surface area contributed by atoms with Gasteiger partial charge in [0, 0.05) is 45.3 Å². The molecule has 2 N–H and O–H groups in total. The zero-order valence-electron chi connectivity index (χ0n) is 12.0. The first-order valence-corrected chi connectivity index (χ1v) is 6.77. The van der Waals surface area contributed by atoms with Gasteiger partial charge in [-0.1, -0.05) is 0 Å². The molecule has 19 heavy (non-hydrogen) atoms. The molecule has 0 radical (unpaired) electrons. The van der Waals surface area contributed by atoms with Gasteiger partial charge in [0.2, 0.25) is 0 Å². The summed E-state index contributed by atoms with van der Waals surface area (Å²) in [4.78, 5) is 13.6. The predicted molar refractivity (Wildman–Crippen MR) is 76.8 cm³/mol. The molecule has 1 aromatic rings. The Hall–Kier alpha value is -1.40. The molecule has 1 aromatic heterocycles. The van der Waals surface area contributed by atoms with Gasteiger partial charge in [0.1, 0.15) is 17.5 Å². The number of aliphatic hydroxyl groups is 1. The number of hydrogen-bond donors (Lipinski definition) is 2. The van der Waals surface area contributed by atoms with Gasteiger partial charge in [-0.05, 0) is 13.8 Å². The van der Waals surface area contributed by atoms with Crippen LogP contribution in [0.25, 0.3) is 0 Å². The van der Waals surface area contributed by atoms with E-state index in [1.165, 1.54) is 0 Å². The molecule has 1 aliphatic rings. The fraction of sp³-hybridized carbons (Fsp3) is 0.692. The zero-order chi connectivity index (χ0) is 13.8. The Kier molecular flexibility index (Phi) is 4.55. The number of aryl methyl sites for hydroxylation is 1. The van der Waals surface area contributed by atoms with Crippen LogP contribution in [-0.4, -0.2) is 66.4 Å². The third-order valence-corrected chi connectivity index (χ3v) is 3.56. The first-order chi connectivity index (χ1) is 9.15. The molecule has 6 nitrogen and oxygen atoms in total. The van der Waals surface area contributed by atoms with Gasteiger partial charge in [0.25, 0.3) is 0 Å². The Balaban J connectivity index is 2.13. The van der Waals surface area contributed by atoms with Gasteiger partial charge < -0.3 is 15.3 Å². The number of aromatic nitrogens is 2. The van der Waals surface area contributed by atoms with E-state index < -0.39 is 0 Å². The van der Waals surface area contributed by atoms with Crippen LogP contribution in [-0.2, 0) is 0 Å². The summed E-state index contributed by atoms with van der Waals surface area (Å²) in [7, 11) is 1.89. The number of β-amino-alcohol motifs (C(OH)–C–C–N with tert-alkyl or cyclic N) is 1. The van der Waals surface area contributed by atoms with Crippen LogP contribution in [0.3, 0.4) is 0 Å². The summed E-state index contributed by atoms with van der Waals surface area (Å²) in [5.41, 5.74) is 1.10. The topological polar surface area (TPSA) is 64.5 Å². The number of aliphatic hydroxyl groups excluding tert-OH is 1. The molecule has 0 aliphatic carbocycles. The molecule has 2 heterocycles. The van der Waals surface area contributed by atoms with Crippen molar-refractivity contribution in [1.82, 2.24) is 14.9 Å². The normalized spacial score (nSPS) is 16.7. The maximum Gasteiger partial charge on any atom is 0.137 e. The number of anilines is 2. The second-order valence-corrected chi connectivity index (χ2v) is 4.87. The van der Waals surface area contributed by atoms with Crippen molar-refractivity contribution in [3.63, 3.8) is 0 Å². The number of rotatable bonds is 4. The molecule has 0 atom stereocenters. The molecule has 0 bridgehead atoms. The zero-order valence-corrected chi connectivity index (χ0v) is 12.0. The second-order valence-electron chi connectivity index (χ2n) is 4.87.